The number of carbonyl (C=O) groups is 3. The number of ether oxygens (including phenoxy) is 2. The van der Waals surface area contributed by atoms with Crippen LogP contribution in [0.25, 0.3) is 0 Å². The number of esters is 1. The first-order valence-electron chi connectivity index (χ1n) is 9.73. The first kappa shape index (κ1) is 21.3. The van der Waals surface area contributed by atoms with Gasteiger partial charge >= 0.3 is 5.97 Å². The Morgan fingerprint density at radius 2 is 2.03 bits per heavy atom. The van der Waals surface area contributed by atoms with Crippen LogP contribution in [0.15, 0.2) is 58.1 Å². The van der Waals surface area contributed by atoms with Gasteiger partial charge in [0.2, 0.25) is 5.78 Å². The van der Waals surface area contributed by atoms with Crippen LogP contribution in [0.1, 0.15) is 41.0 Å². The van der Waals surface area contributed by atoms with E-state index in [9.17, 15) is 14.4 Å². The fraction of sp³-hybridized carbons (Fsp3) is 0.435. The molecule has 154 valence electrons. The Bertz CT molecular complexity index is 933. The van der Waals surface area contributed by atoms with Crippen molar-refractivity contribution < 1.29 is 23.9 Å². The Morgan fingerprint density at radius 1 is 1.34 bits per heavy atom. The third-order valence-electron chi connectivity index (χ3n) is 5.77. The van der Waals surface area contributed by atoms with Crippen molar-refractivity contribution in [3.63, 3.8) is 0 Å². The van der Waals surface area contributed by atoms with Crippen LogP contribution in [0, 0.1) is 17.8 Å². The zero-order valence-corrected chi connectivity index (χ0v) is 18.0. The average Bonchev–Trinajstić information content (AvgIpc) is 2.96. The summed E-state index contributed by atoms with van der Waals surface area (Å²) >= 11 is 6.36. The van der Waals surface area contributed by atoms with E-state index in [0.717, 1.165) is 12.0 Å². The second-order valence-corrected chi connectivity index (χ2v) is 8.40. The normalized spacial score (nSPS) is 30.3. The maximum atomic E-state index is 12.9. The molecule has 1 fully saturated rings. The lowest BCUT2D eigenvalue weighted by molar-refractivity contribution is -0.156. The lowest BCUT2D eigenvalue weighted by Crippen LogP contribution is -2.47. The van der Waals surface area contributed by atoms with E-state index in [0.29, 0.717) is 22.8 Å². The maximum absolute atomic E-state index is 12.9. The summed E-state index contributed by atoms with van der Waals surface area (Å²) in [5.74, 6) is -2.37. The molecule has 2 heterocycles. The van der Waals surface area contributed by atoms with Crippen LogP contribution in [0.3, 0.4) is 0 Å². The molecule has 0 saturated carbocycles. The lowest BCUT2D eigenvalue weighted by Gasteiger charge is -2.36. The summed E-state index contributed by atoms with van der Waals surface area (Å²) in [6.45, 7) is 9.11. The molecule has 1 aliphatic carbocycles. The molecule has 0 amide bonds. The summed E-state index contributed by atoms with van der Waals surface area (Å²) in [5, 5.41) is -0.0203. The minimum absolute atomic E-state index is 0.0203. The predicted octanol–water partition coefficient (Wildman–Crippen LogP) is 4.55. The van der Waals surface area contributed by atoms with E-state index in [-0.39, 0.29) is 10.8 Å². The number of fused-ring (bicyclic) bond motifs is 3. The molecule has 0 aromatic heterocycles. The molecule has 1 saturated heterocycles. The first-order valence-corrected chi connectivity index (χ1v) is 10.1. The molecule has 0 unspecified atom stereocenters. The second kappa shape index (κ2) is 7.79. The predicted molar refractivity (Wildman–Crippen MR) is 110 cm³/mol. The fourth-order valence-electron chi connectivity index (χ4n) is 4.00. The summed E-state index contributed by atoms with van der Waals surface area (Å²) in [7, 11) is 0. The van der Waals surface area contributed by atoms with Gasteiger partial charge in [-0.2, -0.15) is 0 Å². The molecule has 0 aromatic carbocycles. The van der Waals surface area contributed by atoms with E-state index in [1.165, 1.54) is 20.1 Å². The zero-order valence-electron chi connectivity index (χ0n) is 17.2. The van der Waals surface area contributed by atoms with Gasteiger partial charge in [-0.05, 0) is 38.8 Å². The van der Waals surface area contributed by atoms with E-state index in [4.69, 9.17) is 21.1 Å². The van der Waals surface area contributed by atoms with Crippen molar-refractivity contribution in [2.24, 2.45) is 17.8 Å². The monoisotopic (exact) mass is 416 g/mol. The SMILES string of the molecule is CC[C@H](C)/C=C(C)/C=C/C1=CC2=C(Cl)C(=O)[C@]3(C)OC(=O)[C@H](C(C)=O)[C@@H]3C2=CO1. The largest absolute Gasteiger partial charge is 0.465 e. The molecule has 0 spiro atoms. The molecule has 0 radical (unpaired) electrons. The number of Topliss-reactive ketones (excluding diaryl/α,β-unsaturated/α-hetero) is 2. The highest BCUT2D eigenvalue weighted by Crippen LogP contribution is 2.52. The van der Waals surface area contributed by atoms with E-state index < -0.39 is 29.2 Å². The van der Waals surface area contributed by atoms with Crippen molar-refractivity contribution >= 4 is 29.1 Å². The van der Waals surface area contributed by atoms with Crippen molar-refractivity contribution in [1.82, 2.24) is 0 Å². The van der Waals surface area contributed by atoms with Gasteiger partial charge in [0.15, 0.2) is 5.60 Å². The number of hydrogen-bond acceptors (Lipinski definition) is 5. The standard InChI is InChI=1S/C23H25ClO5/c1-6-12(2)9-13(3)7-8-15-10-16-17(11-28-15)19-18(14(4)25)22(27)29-23(19,5)21(26)20(16)24/h7-12,18-19H,6H2,1-5H3/b8-7+,13-9+/t12-,18+,19-,23+/m0/s1. The van der Waals surface area contributed by atoms with E-state index in [1.807, 2.05) is 13.0 Å². The average molecular weight is 417 g/mol. The number of hydrogen-bond donors (Lipinski definition) is 0. The number of carbonyl (C=O) groups excluding carboxylic acids is 3. The van der Waals surface area contributed by atoms with Crippen molar-refractivity contribution in [2.75, 3.05) is 0 Å². The number of rotatable bonds is 5. The highest BCUT2D eigenvalue weighted by atomic mass is 35.5. The van der Waals surface area contributed by atoms with Crippen LogP contribution < -0.4 is 0 Å². The van der Waals surface area contributed by atoms with Crippen molar-refractivity contribution in [3.8, 4) is 0 Å². The van der Waals surface area contributed by atoms with Crippen LogP contribution in [0.5, 0.6) is 0 Å². The van der Waals surface area contributed by atoms with E-state index in [2.05, 4.69) is 19.9 Å². The van der Waals surface area contributed by atoms with Gasteiger partial charge in [0.05, 0.1) is 17.2 Å². The molecule has 0 N–H and O–H groups in total. The van der Waals surface area contributed by atoms with Gasteiger partial charge in [0.1, 0.15) is 17.5 Å². The molecule has 29 heavy (non-hydrogen) atoms. The molecule has 3 aliphatic rings. The molecular formula is C23H25ClO5. The highest BCUT2D eigenvalue weighted by molar-refractivity contribution is 6.45. The summed E-state index contributed by atoms with van der Waals surface area (Å²) < 4.78 is 11.1. The molecule has 6 heteroatoms. The second-order valence-electron chi connectivity index (χ2n) is 8.02. The Hall–Kier alpha value is -2.40. The van der Waals surface area contributed by atoms with Crippen LogP contribution in [0.4, 0.5) is 0 Å². The number of ketones is 2. The van der Waals surface area contributed by atoms with Crippen LogP contribution >= 0.6 is 11.6 Å². The van der Waals surface area contributed by atoms with Gasteiger partial charge in [-0.1, -0.05) is 49.6 Å². The molecule has 2 aliphatic heterocycles. The van der Waals surface area contributed by atoms with Crippen molar-refractivity contribution in [3.05, 3.63) is 58.1 Å². The first-order chi connectivity index (χ1) is 13.6. The molecule has 4 atom stereocenters. The summed E-state index contributed by atoms with van der Waals surface area (Å²) in [4.78, 5) is 37.3. The van der Waals surface area contributed by atoms with Crippen molar-refractivity contribution in [2.45, 2.75) is 46.6 Å². The molecule has 0 aromatic rings. The minimum Gasteiger partial charge on any atom is -0.465 e. The Morgan fingerprint density at radius 3 is 2.66 bits per heavy atom. The molecule has 5 nitrogen and oxygen atoms in total. The molecule has 0 bridgehead atoms. The minimum atomic E-state index is -1.50. The van der Waals surface area contributed by atoms with Crippen LogP contribution in [-0.4, -0.2) is 23.1 Å². The Balaban J connectivity index is 1.98. The molecular weight excluding hydrogens is 392 g/mol. The van der Waals surface area contributed by atoms with Gasteiger partial charge in [-0.15, -0.1) is 0 Å². The number of halogens is 1. The Kier molecular flexibility index (Phi) is 5.72. The van der Waals surface area contributed by atoms with Gasteiger partial charge in [-0.25, -0.2) is 0 Å². The third kappa shape index (κ3) is 3.64. The van der Waals surface area contributed by atoms with E-state index >= 15 is 0 Å². The quantitative estimate of drug-likeness (QED) is 0.373. The van der Waals surface area contributed by atoms with Gasteiger partial charge < -0.3 is 9.47 Å². The van der Waals surface area contributed by atoms with Crippen LogP contribution in [-0.2, 0) is 23.9 Å². The van der Waals surface area contributed by atoms with Gasteiger partial charge in [0, 0.05) is 11.1 Å². The molecule has 3 rings (SSSR count). The van der Waals surface area contributed by atoms with Gasteiger partial charge in [-0.3, -0.25) is 14.4 Å². The van der Waals surface area contributed by atoms with Crippen molar-refractivity contribution in [1.29, 1.82) is 0 Å². The maximum Gasteiger partial charge on any atom is 0.318 e. The van der Waals surface area contributed by atoms with Crippen LogP contribution in [0.2, 0.25) is 0 Å². The van der Waals surface area contributed by atoms with Gasteiger partial charge in [0.25, 0.3) is 0 Å². The van der Waals surface area contributed by atoms with E-state index in [1.54, 1.807) is 12.2 Å². The zero-order chi connectivity index (χ0) is 21.5. The lowest BCUT2D eigenvalue weighted by atomic mass is 9.68. The fourth-order valence-corrected chi connectivity index (χ4v) is 4.35. The highest BCUT2D eigenvalue weighted by Gasteiger charge is 2.63. The summed E-state index contributed by atoms with van der Waals surface area (Å²) in [5.41, 5.74) is 0.600. The summed E-state index contributed by atoms with van der Waals surface area (Å²) in [6.07, 6.45) is 10.1. The smallest absolute Gasteiger partial charge is 0.318 e. The topological polar surface area (TPSA) is 69.7 Å². The summed E-state index contributed by atoms with van der Waals surface area (Å²) in [6, 6.07) is 0. The third-order valence-corrected chi connectivity index (χ3v) is 6.15. The number of allylic oxidation sites excluding steroid dienone is 6. The Labute approximate surface area is 175 Å².